The molecule has 2 aliphatic heterocycles. The van der Waals surface area contributed by atoms with Crippen LogP contribution < -0.4 is 4.74 Å². The molecule has 0 bridgehead atoms. The van der Waals surface area contributed by atoms with Gasteiger partial charge in [-0.3, -0.25) is 19.6 Å². The summed E-state index contributed by atoms with van der Waals surface area (Å²) in [6.45, 7) is 7.44. The molecule has 0 radical (unpaired) electrons. The first-order valence-electron chi connectivity index (χ1n) is 12.9. The summed E-state index contributed by atoms with van der Waals surface area (Å²) >= 11 is 0. The zero-order valence-electron chi connectivity index (χ0n) is 23.6. The van der Waals surface area contributed by atoms with E-state index >= 15 is 4.39 Å². The molecule has 3 atom stereocenters. The van der Waals surface area contributed by atoms with Crippen molar-refractivity contribution in [2.75, 3.05) is 6.54 Å². The third kappa shape index (κ3) is 5.97. The molecule has 0 aromatic carbocycles. The van der Waals surface area contributed by atoms with Crippen molar-refractivity contribution in [3.63, 3.8) is 0 Å². The summed E-state index contributed by atoms with van der Waals surface area (Å²) in [5.74, 6) is -2.27. The Bertz CT molecular complexity index is 1510. The van der Waals surface area contributed by atoms with E-state index in [1.807, 2.05) is 0 Å². The summed E-state index contributed by atoms with van der Waals surface area (Å²) in [5.41, 5.74) is -2.01. The monoisotopic (exact) mass is 595 g/mol. The maximum atomic E-state index is 15.5. The number of aliphatic imine (C=N–C) groups is 1. The molecule has 0 fully saturated rings. The topological polar surface area (TPSA) is 133 Å². The number of alkyl halides is 2. The molecule has 2 aromatic heterocycles. The Morgan fingerprint density at radius 2 is 1.83 bits per heavy atom. The van der Waals surface area contributed by atoms with Gasteiger partial charge in [0.1, 0.15) is 28.3 Å². The van der Waals surface area contributed by atoms with Gasteiger partial charge in [0.2, 0.25) is 5.88 Å². The molecule has 0 aliphatic carbocycles. The highest BCUT2D eigenvalue weighted by molar-refractivity contribution is 7.96. The zero-order valence-corrected chi connectivity index (χ0v) is 24.4. The van der Waals surface area contributed by atoms with E-state index in [1.165, 1.54) is 6.07 Å². The molecule has 0 unspecified atom stereocenters. The second-order valence-corrected chi connectivity index (χ2v) is 14.5. The van der Waals surface area contributed by atoms with Crippen LogP contribution in [0.2, 0.25) is 0 Å². The molecule has 41 heavy (non-hydrogen) atoms. The molecule has 4 rings (SSSR count). The summed E-state index contributed by atoms with van der Waals surface area (Å²) in [5, 5.41) is -0.700. The van der Waals surface area contributed by atoms with E-state index < -0.39 is 60.9 Å². The van der Waals surface area contributed by atoms with Crippen LogP contribution in [0.3, 0.4) is 0 Å². The average Bonchev–Trinajstić information content (AvgIpc) is 3.27. The second kappa shape index (κ2) is 10.8. The third-order valence-corrected chi connectivity index (χ3v) is 10.8. The Hall–Kier alpha value is -3.42. The Kier molecular flexibility index (Phi) is 8.02. The summed E-state index contributed by atoms with van der Waals surface area (Å²) in [7, 11) is -3.05. The lowest BCUT2D eigenvalue weighted by Crippen LogP contribution is -2.56. The number of aromatic nitrogens is 3. The molecule has 2 aromatic rings. The molecule has 10 nitrogen and oxygen atoms in total. The number of ether oxygens (including phenoxy) is 2. The van der Waals surface area contributed by atoms with Crippen molar-refractivity contribution in [2.24, 2.45) is 9.36 Å². The predicted molar refractivity (Wildman–Crippen MR) is 144 cm³/mol. The van der Waals surface area contributed by atoms with Gasteiger partial charge in [-0.05, 0) is 60.1 Å². The van der Waals surface area contributed by atoms with Crippen LogP contribution in [0.4, 0.5) is 13.2 Å². The highest BCUT2D eigenvalue weighted by Gasteiger charge is 2.58. The molecule has 0 amide bonds. The van der Waals surface area contributed by atoms with Crippen LogP contribution in [-0.2, 0) is 31.2 Å². The summed E-state index contributed by atoms with van der Waals surface area (Å²) < 4.78 is 67.7. The number of halogens is 3. The Morgan fingerprint density at radius 1 is 1.12 bits per heavy atom. The lowest BCUT2D eigenvalue weighted by atomic mass is 9.88. The molecule has 0 saturated carbocycles. The minimum Gasteiger partial charge on any atom is -0.460 e. The van der Waals surface area contributed by atoms with E-state index in [1.54, 1.807) is 41.5 Å². The van der Waals surface area contributed by atoms with Gasteiger partial charge in [-0.2, -0.15) is 8.78 Å². The van der Waals surface area contributed by atoms with Gasteiger partial charge in [0.15, 0.2) is 5.78 Å². The Morgan fingerprint density at radius 3 is 2.44 bits per heavy atom. The molecule has 222 valence electrons. The lowest BCUT2D eigenvalue weighted by molar-refractivity contribution is -0.153. The van der Waals surface area contributed by atoms with Crippen LogP contribution in [0, 0.1) is 5.82 Å². The fraction of sp³-hybridized carbons (Fsp3) is 0.556. The van der Waals surface area contributed by atoms with Crippen LogP contribution in [0.15, 0.2) is 33.9 Å². The van der Waals surface area contributed by atoms with E-state index in [4.69, 9.17) is 9.73 Å². The highest BCUT2D eigenvalue weighted by Crippen LogP contribution is 2.48. The normalized spacial score (nSPS) is 25.2. The minimum atomic E-state index is -3.09. The number of ketones is 1. The fourth-order valence-electron chi connectivity index (χ4n) is 5.10. The van der Waals surface area contributed by atoms with Crippen LogP contribution >= 0.6 is 0 Å². The largest absolute Gasteiger partial charge is 0.460 e. The number of rotatable bonds is 8. The molecule has 14 heteroatoms. The average molecular weight is 596 g/mol. The Balaban J connectivity index is 1.71. The first-order chi connectivity index (χ1) is 19.0. The van der Waals surface area contributed by atoms with Gasteiger partial charge in [0.05, 0.1) is 45.0 Å². The number of carbonyl (C=O) groups excluding carboxylic acids is 2. The maximum absolute atomic E-state index is 15.5. The van der Waals surface area contributed by atoms with Crippen molar-refractivity contribution < 1.29 is 36.4 Å². The lowest BCUT2D eigenvalue weighted by Gasteiger charge is -2.45. The molecular formula is C27H32F3N5O5S. The number of hydrogen-bond donors (Lipinski definition) is 0. The first kappa shape index (κ1) is 30.5. The zero-order chi connectivity index (χ0) is 30.4. The molecule has 0 spiro atoms. The molecule has 4 heterocycles. The van der Waals surface area contributed by atoms with Crippen LogP contribution in [0.1, 0.15) is 76.3 Å². The smallest absolute Gasteiger partial charge is 0.388 e. The standard InChI is InChI=1S/C27H32F3N5O5S/c1-25(2,3)40-22(37)12-19-26(4,5)41(38)20(9-10-33-41)27(6,35-19)23-16(28)8-7-15(34-23)11-18(36)17-13-32-21(14-31-17)39-24(29)30/h7-8,13-14,20,24H,9-12H2,1-6H3/t20-,27-,41+/m0/s1. The van der Waals surface area contributed by atoms with Crippen LogP contribution in [0.5, 0.6) is 5.88 Å². The number of Topliss-reactive ketones (excluding diaryl/α,β-unsaturated/α-hetero) is 1. The number of esters is 1. The van der Waals surface area contributed by atoms with E-state index in [2.05, 4.69) is 24.1 Å². The van der Waals surface area contributed by atoms with Gasteiger partial charge in [0, 0.05) is 18.0 Å². The van der Waals surface area contributed by atoms with E-state index in [0.29, 0.717) is 6.42 Å². The number of hydrogen-bond acceptors (Lipinski definition) is 10. The summed E-state index contributed by atoms with van der Waals surface area (Å²) in [4.78, 5) is 42.4. The fourth-order valence-corrected chi connectivity index (χ4v) is 8.35. The summed E-state index contributed by atoms with van der Waals surface area (Å²) in [6.07, 6.45) is 1.70. The first-order valence-corrected chi connectivity index (χ1v) is 14.5. The quantitative estimate of drug-likeness (QED) is 0.323. The minimum absolute atomic E-state index is 0.124. The van der Waals surface area contributed by atoms with Crippen molar-refractivity contribution in [2.45, 2.75) is 88.6 Å². The molecule has 0 N–H and O–H groups in total. The van der Waals surface area contributed by atoms with Crippen LogP contribution in [-0.4, -0.2) is 65.4 Å². The highest BCUT2D eigenvalue weighted by atomic mass is 32.2. The van der Waals surface area contributed by atoms with Crippen molar-refractivity contribution in [1.29, 1.82) is 0 Å². The number of nitrogens with zero attached hydrogens (tertiary/aromatic N) is 5. The van der Waals surface area contributed by atoms with Crippen molar-refractivity contribution in [1.82, 2.24) is 15.0 Å². The summed E-state index contributed by atoms with van der Waals surface area (Å²) in [6, 6.07) is 2.48. The van der Waals surface area contributed by atoms with Crippen LogP contribution in [0.25, 0.3) is 0 Å². The third-order valence-electron chi connectivity index (χ3n) is 7.06. The predicted octanol–water partition coefficient (Wildman–Crippen LogP) is 4.46. The maximum Gasteiger partial charge on any atom is 0.388 e. The van der Waals surface area contributed by atoms with Crippen molar-refractivity contribution in [3.8, 4) is 5.88 Å². The SMILES string of the molecule is CC(C)(C)OC(=O)CC1=N[C@](C)(c2nc(CC(=O)c3cnc(OC(F)F)cn3)ccc2F)[C@@H]2CCN=[S@]2(=O)C1(C)C. The second-order valence-electron chi connectivity index (χ2n) is 11.5. The van der Waals surface area contributed by atoms with Crippen molar-refractivity contribution in [3.05, 3.63) is 47.4 Å². The van der Waals surface area contributed by atoms with Gasteiger partial charge >= 0.3 is 12.6 Å². The molecule has 2 aliphatic rings. The van der Waals surface area contributed by atoms with E-state index in [-0.39, 0.29) is 42.2 Å². The van der Waals surface area contributed by atoms with Crippen molar-refractivity contribution >= 4 is 27.2 Å². The van der Waals surface area contributed by atoms with E-state index in [9.17, 15) is 22.6 Å². The number of pyridine rings is 1. The van der Waals surface area contributed by atoms with Gasteiger partial charge in [-0.25, -0.2) is 22.9 Å². The Labute approximate surface area is 236 Å². The molecule has 0 saturated heterocycles. The van der Waals surface area contributed by atoms with Gasteiger partial charge in [-0.15, -0.1) is 0 Å². The number of fused-ring (bicyclic) bond motifs is 1. The van der Waals surface area contributed by atoms with Gasteiger partial charge in [-0.1, -0.05) is 0 Å². The van der Waals surface area contributed by atoms with Gasteiger partial charge in [0.25, 0.3) is 0 Å². The van der Waals surface area contributed by atoms with E-state index in [0.717, 1.165) is 18.5 Å². The van der Waals surface area contributed by atoms with Gasteiger partial charge < -0.3 is 9.47 Å². The number of carbonyl (C=O) groups is 2. The molecular weight excluding hydrogens is 563 g/mol.